The van der Waals surface area contributed by atoms with Crippen LogP contribution in [0.2, 0.25) is 0 Å². The number of fused-ring (bicyclic) bond motifs is 2. The Morgan fingerprint density at radius 1 is 1.14 bits per heavy atom. The summed E-state index contributed by atoms with van der Waals surface area (Å²) in [5, 5.41) is 16.0. The average Bonchev–Trinajstić information content (AvgIpc) is 3.31. The molecule has 7 nitrogen and oxygen atoms in total. The van der Waals surface area contributed by atoms with Crippen molar-refractivity contribution in [3.05, 3.63) is 66.2 Å². The molecule has 28 heavy (non-hydrogen) atoms. The van der Waals surface area contributed by atoms with Crippen LogP contribution in [0.4, 0.5) is 0 Å². The third-order valence-corrected chi connectivity index (χ3v) is 5.27. The summed E-state index contributed by atoms with van der Waals surface area (Å²) in [4.78, 5) is 23.3. The summed E-state index contributed by atoms with van der Waals surface area (Å²) in [6, 6.07) is 15.5. The van der Waals surface area contributed by atoms with Crippen molar-refractivity contribution in [3.63, 3.8) is 0 Å². The number of nitrogens with zero attached hydrogens (tertiary/aromatic N) is 4. The Labute approximate surface area is 160 Å². The number of pyridine rings is 2. The molecule has 1 aromatic carbocycles. The molecule has 4 aromatic rings. The van der Waals surface area contributed by atoms with Gasteiger partial charge in [-0.15, -0.1) is 0 Å². The number of hydrogen-bond donors (Lipinski definition) is 1. The van der Waals surface area contributed by atoms with Gasteiger partial charge in [0.15, 0.2) is 0 Å². The lowest BCUT2D eigenvalue weighted by molar-refractivity contribution is 0.0726. The van der Waals surface area contributed by atoms with E-state index in [-0.39, 0.29) is 24.1 Å². The number of aromatic nitrogens is 3. The number of aliphatic hydroxyl groups excluding tert-OH is 1. The molecule has 1 fully saturated rings. The van der Waals surface area contributed by atoms with Crippen LogP contribution in [0.25, 0.3) is 21.9 Å². The monoisotopic (exact) mass is 374 g/mol. The van der Waals surface area contributed by atoms with Crippen LogP contribution in [-0.2, 0) is 6.42 Å². The molecule has 1 amide bonds. The molecule has 0 radical (unpaired) electrons. The SMILES string of the molecule is O=C(c1onc2ncccc12)N1C[C@@H](Cc2ccc3ccccc3n2)[C@H](O)C1. The molecule has 0 unspecified atom stereocenters. The van der Waals surface area contributed by atoms with Gasteiger partial charge in [-0.3, -0.25) is 9.78 Å². The fourth-order valence-electron chi connectivity index (χ4n) is 3.79. The molecule has 0 bridgehead atoms. The van der Waals surface area contributed by atoms with Crippen molar-refractivity contribution < 1.29 is 14.4 Å². The summed E-state index contributed by atoms with van der Waals surface area (Å²) in [6.07, 6.45) is 1.60. The summed E-state index contributed by atoms with van der Waals surface area (Å²) in [5.41, 5.74) is 2.25. The van der Waals surface area contributed by atoms with E-state index in [0.29, 0.717) is 24.0 Å². The standard InChI is InChI=1S/C21H18N4O3/c26-18-12-25(21(27)19-16-5-3-9-22-20(16)24-28-19)11-14(18)10-15-8-7-13-4-1-2-6-17(13)23-15/h1-9,14,18,26H,10-12H2/t14-,18-/m1/s1. The van der Waals surface area contributed by atoms with Gasteiger partial charge in [0.1, 0.15) is 0 Å². The highest BCUT2D eigenvalue weighted by Crippen LogP contribution is 2.25. The first kappa shape index (κ1) is 16.8. The van der Waals surface area contributed by atoms with Gasteiger partial charge in [-0.25, -0.2) is 4.98 Å². The van der Waals surface area contributed by atoms with Crippen molar-refractivity contribution in [2.75, 3.05) is 13.1 Å². The van der Waals surface area contributed by atoms with Crippen molar-refractivity contribution in [3.8, 4) is 0 Å². The molecule has 3 aromatic heterocycles. The van der Waals surface area contributed by atoms with Crippen molar-refractivity contribution in [2.45, 2.75) is 12.5 Å². The lowest BCUT2D eigenvalue weighted by atomic mass is 9.99. The van der Waals surface area contributed by atoms with Crippen LogP contribution >= 0.6 is 0 Å². The van der Waals surface area contributed by atoms with E-state index in [9.17, 15) is 9.90 Å². The molecule has 140 valence electrons. The second-order valence-corrected chi connectivity index (χ2v) is 7.12. The zero-order valence-corrected chi connectivity index (χ0v) is 15.0. The summed E-state index contributed by atoms with van der Waals surface area (Å²) < 4.78 is 5.23. The summed E-state index contributed by atoms with van der Waals surface area (Å²) in [7, 11) is 0. The Balaban J connectivity index is 1.35. The molecule has 2 atom stereocenters. The molecule has 0 aliphatic carbocycles. The number of β-amino-alcohol motifs (C(OH)–C–C–N with tert-alkyl or cyclic N) is 1. The Kier molecular flexibility index (Phi) is 4.02. The van der Waals surface area contributed by atoms with E-state index in [0.717, 1.165) is 16.6 Å². The van der Waals surface area contributed by atoms with E-state index in [1.54, 1.807) is 23.2 Å². The highest BCUT2D eigenvalue weighted by Gasteiger charge is 2.36. The number of para-hydroxylation sites is 1. The highest BCUT2D eigenvalue weighted by molar-refractivity contribution is 6.02. The lowest BCUT2D eigenvalue weighted by Crippen LogP contribution is -2.29. The van der Waals surface area contributed by atoms with Crippen molar-refractivity contribution in [2.24, 2.45) is 5.92 Å². The maximum atomic E-state index is 12.9. The number of hydrogen-bond acceptors (Lipinski definition) is 6. The normalized spacial score (nSPS) is 19.5. The molecular formula is C21H18N4O3. The van der Waals surface area contributed by atoms with Gasteiger partial charge in [-0.05, 0) is 30.7 Å². The topological polar surface area (TPSA) is 92.4 Å². The smallest absolute Gasteiger partial charge is 0.293 e. The predicted octanol–water partition coefficient (Wildman–Crippen LogP) is 2.45. The minimum absolute atomic E-state index is 0.0788. The van der Waals surface area contributed by atoms with E-state index in [1.165, 1.54) is 0 Å². The number of carbonyl (C=O) groups is 1. The second-order valence-electron chi connectivity index (χ2n) is 7.12. The first-order valence-corrected chi connectivity index (χ1v) is 9.21. The van der Waals surface area contributed by atoms with Gasteiger partial charge in [0.2, 0.25) is 11.4 Å². The number of carbonyl (C=O) groups excluding carboxylic acids is 1. The van der Waals surface area contributed by atoms with Gasteiger partial charge in [0.25, 0.3) is 5.91 Å². The van der Waals surface area contributed by atoms with E-state index in [2.05, 4.69) is 15.1 Å². The molecule has 4 heterocycles. The first-order valence-electron chi connectivity index (χ1n) is 9.21. The van der Waals surface area contributed by atoms with E-state index in [1.807, 2.05) is 36.4 Å². The summed E-state index contributed by atoms with van der Waals surface area (Å²) in [6.45, 7) is 0.705. The van der Waals surface area contributed by atoms with Gasteiger partial charge in [0, 0.05) is 36.3 Å². The number of amides is 1. The molecule has 1 saturated heterocycles. The fourth-order valence-corrected chi connectivity index (χ4v) is 3.79. The molecular weight excluding hydrogens is 356 g/mol. The largest absolute Gasteiger partial charge is 0.391 e. The first-order chi connectivity index (χ1) is 13.7. The summed E-state index contributed by atoms with van der Waals surface area (Å²) >= 11 is 0. The zero-order valence-electron chi connectivity index (χ0n) is 15.0. The Hall–Kier alpha value is -3.32. The van der Waals surface area contributed by atoms with E-state index in [4.69, 9.17) is 4.52 Å². The molecule has 1 aliphatic rings. The van der Waals surface area contributed by atoms with Crippen LogP contribution in [0, 0.1) is 5.92 Å². The fraction of sp³-hybridized carbons (Fsp3) is 0.238. The maximum absolute atomic E-state index is 12.9. The minimum atomic E-state index is -0.607. The van der Waals surface area contributed by atoms with Gasteiger partial charge >= 0.3 is 0 Å². The Morgan fingerprint density at radius 2 is 2.04 bits per heavy atom. The number of aliphatic hydroxyl groups is 1. The zero-order chi connectivity index (χ0) is 19.1. The van der Waals surface area contributed by atoms with Crippen LogP contribution < -0.4 is 0 Å². The van der Waals surface area contributed by atoms with Crippen LogP contribution in [0.1, 0.15) is 16.2 Å². The minimum Gasteiger partial charge on any atom is -0.391 e. The van der Waals surface area contributed by atoms with Crippen LogP contribution in [0.3, 0.4) is 0 Å². The van der Waals surface area contributed by atoms with Crippen LogP contribution in [0.5, 0.6) is 0 Å². The van der Waals surface area contributed by atoms with Gasteiger partial charge in [-0.1, -0.05) is 29.4 Å². The number of rotatable bonds is 3. The van der Waals surface area contributed by atoms with Gasteiger partial charge in [0.05, 0.1) is 17.0 Å². The average molecular weight is 374 g/mol. The molecule has 7 heteroatoms. The van der Waals surface area contributed by atoms with Crippen molar-refractivity contribution in [1.29, 1.82) is 0 Å². The maximum Gasteiger partial charge on any atom is 0.293 e. The third-order valence-electron chi connectivity index (χ3n) is 5.27. The van der Waals surface area contributed by atoms with Crippen molar-refractivity contribution in [1.82, 2.24) is 20.0 Å². The Bertz CT molecular complexity index is 1170. The van der Waals surface area contributed by atoms with E-state index >= 15 is 0 Å². The number of likely N-dealkylation sites (tertiary alicyclic amines) is 1. The lowest BCUT2D eigenvalue weighted by Gasteiger charge is -2.14. The van der Waals surface area contributed by atoms with E-state index < -0.39 is 6.10 Å². The summed E-state index contributed by atoms with van der Waals surface area (Å²) in [5.74, 6) is -0.187. The molecule has 1 N–H and O–H groups in total. The number of benzene rings is 1. The molecule has 0 saturated carbocycles. The van der Waals surface area contributed by atoms with Crippen LogP contribution in [0.15, 0.2) is 59.3 Å². The van der Waals surface area contributed by atoms with Gasteiger partial charge < -0.3 is 14.5 Å². The predicted molar refractivity (Wildman–Crippen MR) is 103 cm³/mol. The quantitative estimate of drug-likeness (QED) is 0.592. The highest BCUT2D eigenvalue weighted by atomic mass is 16.5. The van der Waals surface area contributed by atoms with Crippen molar-refractivity contribution >= 4 is 27.8 Å². The van der Waals surface area contributed by atoms with Gasteiger partial charge in [-0.2, -0.15) is 0 Å². The molecule has 0 spiro atoms. The Morgan fingerprint density at radius 3 is 2.96 bits per heavy atom. The van der Waals surface area contributed by atoms with Crippen LogP contribution in [-0.4, -0.2) is 50.2 Å². The second kappa shape index (κ2) is 6.69. The molecule has 5 rings (SSSR count). The molecule has 1 aliphatic heterocycles. The third kappa shape index (κ3) is 2.90.